The van der Waals surface area contributed by atoms with E-state index in [0.717, 1.165) is 48.5 Å². The van der Waals surface area contributed by atoms with Crippen LogP contribution in [-0.4, -0.2) is 32.9 Å². The van der Waals surface area contributed by atoms with Gasteiger partial charge in [0.2, 0.25) is 0 Å². The summed E-state index contributed by atoms with van der Waals surface area (Å²) < 4.78 is 6.89. The van der Waals surface area contributed by atoms with Gasteiger partial charge in [-0.15, -0.1) is 0 Å². The van der Waals surface area contributed by atoms with Gasteiger partial charge in [-0.1, -0.05) is 42.0 Å². The Labute approximate surface area is 203 Å². The molecular formula is C25H26ClNO3S2. The van der Waals surface area contributed by atoms with Gasteiger partial charge in [-0.25, -0.2) is 0 Å². The van der Waals surface area contributed by atoms with Crippen molar-refractivity contribution in [2.75, 3.05) is 6.61 Å². The molecule has 3 aliphatic rings. The number of aliphatic hydroxyl groups excluding tert-OH is 1. The molecule has 2 bridgehead atoms. The number of thioether (sulfide) groups is 1. The second-order valence-corrected chi connectivity index (χ2v) is 11.1. The lowest BCUT2D eigenvalue weighted by molar-refractivity contribution is -0.124. The van der Waals surface area contributed by atoms with Crippen molar-refractivity contribution in [3.63, 3.8) is 0 Å². The topological polar surface area (TPSA) is 53.7 Å². The number of amides is 1. The molecule has 2 saturated carbocycles. The molecule has 1 N–H and O–H groups in total. The van der Waals surface area contributed by atoms with Gasteiger partial charge in [0.15, 0.2) is 0 Å². The van der Waals surface area contributed by atoms with Crippen LogP contribution in [0, 0.1) is 11.8 Å². The van der Waals surface area contributed by atoms with Crippen LogP contribution in [0.4, 0.5) is 0 Å². The number of aryl methyl sites for hydroxylation is 1. The minimum atomic E-state index is 0.0169. The Balaban J connectivity index is 1.43. The average molecular weight is 488 g/mol. The van der Waals surface area contributed by atoms with E-state index in [-0.39, 0.29) is 18.6 Å². The largest absolute Gasteiger partial charge is 0.456 e. The number of aliphatic hydroxyl groups is 1. The molecule has 1 aliphatic heterocycles. The van der Waals surface area contributed by atoms with Crippen molar-refractivity contribution < 1.29 is 14.3 Å². The number of unbranched alkanes of at least 4 members (excludes halogenated alkanes) is 1. The lowest BCUT2D eigenvalue weighted by Gasteiger charge is -2.30. The standard InChI is InChI=1S/C25H26ClNO3S2/c26-19-8-6-16(7-9-19)21-13-18(3-1-2-10-28)22(30-21)14-23-24(29)27(25(31)32-23)20-12-15-4-5-17(20)11-15/h6-9,13-15,17,20,28H,1-5,10-12H2. The molecule has 3 atom stereocenters. The first-order valence-corrected chi connectivity index (χ1v) is 12.9. The minimum Gasteiger partial charge on any atom is -0.456 e. The first-order chi connectivity index (χ1) is 15.5. The third-order valence-corrected chi connectivity index (χ3v) is 8.53. The third-order valence-electron chi connectivity index (χ3n) is 6.94. The van der Waals surface area contributed by atoms with Gasteiger partial charge in [-0.3, -0.25) is 9.69 Å². The first kappa shape index (κ1) is 22.2. The molecule has 1 aromatic carbocycles. The molecule has 0 spiro atoms. The lowest BCUT2D eigenvalue weighted by Crippen LogP contribution is -2.41. The Kier molecular flexibility index (Phi) is 6.48. The maximum Gasteiger partial charge on any atom is 0.266 e. The number of thiocarbonyl (C=S) groups is 1. The van der Waals surface area contributed by atoms with Crippen molar-refractivity contribution in [3.05, 3.63) is 51.6 Å². The fraction of sp³-hybridized carbons (Fsp3) is 0.440. The van der Waals surface area contributed by atoms with E-state index in [2.05, 4.69) is 0 Å². The Hall–Kier alpha value is -1.60. The first-order valence-electron chi connectivity index (χ1n) is 11.3. The molecule has 7 heteroatoms. The molecule has 2 aliphatic carbocycles. The van der Waals surface area contributed by atoms with Crippen LogP contribution in [0.15, 0.2) is 39.7 Å². The fourth-order valence-electron chi connectivity index (χ4n) is 5.36. The Morgan fingerprint density at radius 1 is 1.22 bits per heavy atom. The zero-order valence-electron chi connectivity index (χ0n) is 17.8. The number of furan rings is 1. The summed E-state index contributed by atoms with van der Waals surface area (Å²) in [5.74, 6) is 2.81. The van der Waals surface area contributed by atoms with Crippen LogP contribution in [-0.2, 0) is 11.2 Å². The molecule has 4 nitrogen and oxygen atoms in total. The molecular weight excluding hydrogens is 462 g/mol. The monoisotopic (exact) mass is 487 g/mol. The molecule has 3 fully saturated rings. The summed E-state index contributed by atoms with van der Waals surface area (Å²) in [4.78, 5) is 15.8. The Bertz CT molecular complexity index is 1060. The maximum absolute atomic E-state index is 13.3. The Morgan fingerprint density at radius 2 is 2.03 bits per heavy atom. The van der Waals surface area contributed by atoms with Crippen LogP contribution >= 0.6 is 35.6 Å². The Morgan fingerprint density at radius 3 is 2.72 bits per heavy atom. The van der Waals surface area contributed by atoms with Crippen LogP contribution in [0.2, 0.25) is 5.02 Å². The number of carbonyl (C=O) groups is 1. The number of carbonyl (C=O) groups excluding carboxylic acids is 1. The average Bonchev–Trinajstić information content (AvgIpc) is 3.54. The fourth-order valence-corrected chi connectivity index (χ4v) is 6.83. The van der Waals surface area contributed by atoms with E-state index in [9.17, 15) is 9.90 Å². The smallest absolute Gasteiger partial charge is 0.266 e. The number of benzene rings is 1. The zero-order chi connectivity index (χ0) is 22.2. The van der Waals surface area contributed by atoms with Gasteiger partial charge in [-0.2, -0.15) is 0 Å². The highest BCUT2D eigenvalue weighted by atomic mass is 35.5. The number of hydrogen-bond acceptors (Lipinski definition) is 5. The molecule has 3 unspecified atom stereocenters. The lowest BCUT2D eigenvalue weighted by atomic mass is 9.94. The van der Waals surface area contributed by atoms with Crippen LogP contribution in [0.25, 0.3) is 17.4 Å². The predicted molar refractivity (Wildman–Crippen MR) is 133 cm³/mol. The van der Waals surface area contributed by atoms with E-state index in [0.29, 0.717) is 25.9 Å². The number of hydrogen-bond donors (Lipinski definition) is 1. The van der Waals surface area contributed by atoms with Crippen molar-refractivity contribution >= 4 is 51.9 Å². The van der Waals surface area contributed by atoms with Crippen LogP contribution in [0.5, 0.6) is 0 Å². The number of halogens is 1. The van der Waals surface area contributed by atoms with E-state index in [1.165, 1.54) is 31.0 Å². The SMILES string of the molecule is O=C1C(=Cc2oc(-c3ccc(Cl)cc3)cc2CCCCO)SC(=S)N1C1CC2CCC1C2. The maximum atomic E-state index is 13.3. The molecule has 1 saturated heterocycles. The van der Waals surface area contributed by atoms with Crippen LogP contribution in [0.1, 0.15) is 49.8 Å². The third kappa shape index (κ3) is 4.30. The number of rotatable bonds is 7. The highest BCUT2D eigenvalue weighted by Crippen LogP contribution is 2.49. The number of nitrogens with zero attached hydrogens (tertiary/aromatic N) is 1. The van der Waals surface area contributed by atoms with Gasteiger partial charge in [0.05, 0.1) is 4.91 Å². The van der Waals surface area contributed by atoms with Gasteiger partial charge in [-0.05, 0) is 86.3 Å². The minimum absolute atomic E-state index is 0.0169. The molecule has 0 radical (unpaired) electrons. The molecule has 1 aromatic heterocycles. The summed E-state index contributed by atoms with van der Waals surface area (Å²) in [6, 6.07) is 9.82. The highest BCUT2D eigenvalue weighted by Gasteiger charge is 2.48. The summed E-state index contributed by atoms with van der Waals surface area (Å²) >= 11 is 13.1. The zero-order valence-corrected chi connectivity index (χ0v) is 20.1. The molecule has 168 valence electrons. The van der Waals surface area contributed by atoms with Crippen LogP contribution < -0.4 is 0 Å². The van der Waals surface area contributed by atoms with Crippen molar-refractivity contribution in [1.29, 1.82) is 0 Å². The van der Waals surface area contributed by atoms with Gasteiger partial charge in [0, 0.05) is 29.3 Å². The van der Waals surface area contributed by atoms with E-state index in [4.69, 9.17) is 28.2 Å². The van der Waals surface area contributed by atoms with Gasteiger partial charge < -0.3 is 9.52 Å². The quantitative estimate of drug-likeness (QED) is 0.282. The van der Waals surface area contributed by atoms with Crippen molar-refractivity contribution in [2.24, 2.45) is 11.8 Å². The van der Waals surface area contributed by atoms with Gasteiger partial charge in [0.25, 0.3) is 5.91 Å². The van der Waals surface area contributed by atoms with Gasteiger partial charge in [0.1, 0.15) is 15.8 Å². The molecule has 2 aromatic rings. The highest BCUT2D eigenvalue weighted by molar-refractivity contribution is 8.26. The van der Waals surface area contributed by atoms with Crippen molar-refractivity contribution in [3.8, 4) is 11.3 Å². The summed E-state index contributed by atoms with van der Waals surface area (Å²) in [6.45, 7) is 0.166. The molecule has 1 amide bonds. The van der Waals surface area contributed by atoms with E-state index >= 15 is 0 Å². The van der Waals surface area contributed by atoms with E-state index in [1.54, 1.807) is 0 Å². The van der Waals surface area contributed by atoms with Crippen molar-refractivity contribution in [1.82, 2.24) is 4.90 Å². The van der Waals surface area contributed by atoms with E-state index < -0.39 is 0 Å². The molecule has 32 heavy (non-hydrogen) atoms. The predicted octanol–water partition coefficient (Wildman–Crippen LogP) is 6.30. The summed E-state index contributed by atoms with van der Waals surface area (Å²) in [5, 5.41) is 9.85. The summed E-state index contributed by atoms with van der Waals surface area (Å²) in [6.07, 6.45) is 9.04. The second-order valence-electron chi connectivity index (χ2n) is 8.98. The molecule has 2 heterocycles. The van der Waals surface area contributed by atoms with Crippen molar-refractivity contribution in [2.45, 2.75) is 51.0 Å². The normalized spacial score (nSPS) is 26.1. The summed E-state index contributed by atoms with van der Waals surface area (Å²) in [7, 11) is 0. The van der Waals surface area contributed by atoms with Crippen LogP contribution in [0.3, 0.4) is 0 Å². The van der Waals surface area contributed by atoms with Gasteiger partial charge >= 0.3 is 0 Å². The summed E-state index contributed by atoms with van der Waals surface area (Å²) in [5.41, 5.74) is 1.97. The second kappa shape index (κ2) is 9.34. The van der Waals surface area contributed by atoms with E-state index in [1.807, 2.05) is 41.3 Å². The number of fused-ring (bicyclic) bond motifs is 2. The molecule has 5 rings (SSSR count).